The zero-order chi connectivity index (χ0) is 23.0. The molecule has 2 amide bonds. The van der Waals surface area contributed by atoms with Crippen LogP contribution in [0.15, 0.2) is 66.1 Å². The van der Waals surface area contributed by atoms with Crippen LogP contribution in [0.5, 0.6) is 0 Å². The highest BCUT2D eigenvalue weighted by atomic mass is 32.2. The van der Waals surface area contributed by atoms with E-state index in [9.17, 15) is 34.7 Å². The highest BCUT2D eigenvalue weighted by Gasteiger charge is 2.56. The van der Waals surface area contributed by atoms with Crippen LogP contribution in [0.4, 0.5) is 5.69 Å². The summed E-state index contributed by atoms with van der Waals surface area (Å²) in [6, 6.07) is 13.1. The van der Waals surface area contributed by atoms with E-state index in [4.69, 9.17) is 0 Å². The van der Waals surface area contributed by atoms with Crippen LogP contribution in [-0.4, -0.2) is 54.5 Å². The first-order valence-electron chi connectivity index (χ1n) is 9.52. The molecule has 2 aromatic rings. The first-order valence-corrected chi connectivity index (χ1v) is 10.5. The molecule has 3 atom stereocenters. The number of fused-ring (bicyclic) bond motifs is 1. The van der Waals surface area contributed by atoms with E-state index in [1.165, 1.54) is 24.3 Å². The predicted molar refractivity (Wildman–Crippen MR) is 114 cm³/mol. The number of carboxylic acid groups (broad SMARTS) is 1. The van der Waals surface area contributed by atoms with Gasteiger partial charge in [0.15, 0.2) is 5.70 Å². The summed E-state index contributed by atoms with van der Waals surface area (Å²) in [4.78, 5) is 48.2. The summed E-state index contributed by atoms with van der Waals surface area (Å²) in [7, 11) is 0. The third-order valence-corrected chi connectivity index (χ3v) is 6.71. The molecule has 3 N–H and O–H groups in total. The molecule has 2 aliphatic rings. The maximum Gasteiger partial charge on any atom is 0.356 e. The molecule has 0 radical (unpaired) electrons. The molecule has 4 rings (SSSR count). The Morgan fingerprint density at radius 3 is 2.38 bits per heavy atom. The Balaban J connectivity index is 1.56. The third kappa shape index (κ3) is 3.78. The van der Waals surface area contributed by atoms with Crippen molar-refractivity contribution in [2.75, 3.05) is 0 Å². The summed E-state index contributed by atoms with van der Waals surface area (Å²) in [5.41, 5.74) is 0.401. The van der Waals surface area contributed by atoms with E-state index in [1.54, 1.807) is 30.3 Å². The maximum atomic E-state index is 12.6. The number of amides is 2. The van der Waals surface area contributed by atoms with Gasteiger partial charge in [0.2, 0.25) is 0 Å². The van der Waals surface area contributed by atoms with Crippen molar-refractivity contribution < 1.29 is 29.5 Å². The van der Waals surface area contributed by atoms with Crippen LogP contribution in [0.1, 0.15) is 15.9 Å². The molecule has 2 unspecified atom stereocenters. The molecule has 2 aromatic carbocycles. The van der Waals surface area contributed by atoms with E-state index in [1.807, 2.05) is 0 Å². The van der Waals surface area contributed by atoms with E-state index in [0.717, 1.165) is 16.7 Å². The van der Waals surface area contributed by atoms with Crippen LogP contribution in [0.2, 0.25) is 0 Å². The van der Waals surface area contributed by atoms with Crippen molar-refractivity contribution in [1.82, 2.24) is 10.2 Å². The number of β-lactam (4-membered cyclic amide) rings is 1. The van der Waals surface area contributed by atoms with E-state index in [2.05, 4.69) is 5.32 Å². The molecular formula is C21H17N3O7S. The van der Waals surface area contributed by atoms with Crippen molar-refractivity contribution in [2.24, 2.45) is 0 Å². The van der Waals surface area contributed by atoms with Gasteiger partial charge in [0.25, 0.3) is 17.5 Å². The van der Waals surface area contributed by atoms with E-state index < -0.39 is 50.8 Å². The van der Waals surface area contributed by atoms with Crippen molar-refractivity contribution in [3.8, 4) is 0 Å². The molecule has 0 bridgehead atoms. The van der Waals surface area contributed by atoms with Gasteiger partial charge in [-0.1, -0.05) is 30.3 Å². The molecule has 0 spiro atoms. The minimum absolute atomic E-state index is 0.0875. The summed E-state index contributed by atoms with van der Waals surface area (Å²) in [6.45, 7) is 0. The molecule has 164 valence electrons. The van der Waals surface area contributed by atoms with Crippen LogP contribution in [0.25, 0.3) is 0 Å². The number of carbonyl (C=O) groups is 3. The molecular weight excluding hydrogens is 438 g/mol. The van der Waals surface area contributed by atoms with Crippen molar-refractivity contribution in [3.05, 3.63) is 87.3 Å². The number of aliphatic hydroxyl groups is 1. The molecule has 10 nitrogen and oxygen atoms in total. The summed E-state index contributed by atoms with van der Waals surface area (Å²) in [5, 5.41) is 32.2. The molecule has 2 heterocycles. The van der Waals surface area contributed by atoms with Gasteiger partial charge in [-0.3, -0.25) is 24.6 Å². The number of benzene rings is 2. The monoisotopic (exact) mass is 455 g/mol. The van der Waals surface area contributed by atoms with E-state index in [0.29, 0.717) is 11.1 Å². The van der Waals surface area contributed by atoms with Gasteiger partial charge in [-0.2, -0.15) is 0 Å². The minimum Gasteiger partial charge on any atom is -0.509 e. The Kier molecular flexibility index (Phi) is 5.57. The second kappa shape index (κ2) is 8.35. The lowest BCUT2D eigenvalue weighted by Crippen LogP contribution is -2.71. The number of nitro groups is 1. The highest BCUT2D eigenvalue weighted by molar-refractivity contribution is 8.00. The van der Waals surface area contributed by atoms with Gasteiger partial charge in [0.05, 0.1) is 10.2 Å². The van der Waals surface area contributed by atoms with Crippen LogP contribution in [0.3, 0.4) is 0 Å². The second-order valence-corrected chi connectivity index (χ2v) is 8.53. The van der Waals surface area contributed by atoms with E-state index >= 15 is 0 Å². The summed E-state index contributed by atoms with van der Waals surface area (Å²) < 4.78 is 0. The smallest absolute Gasteiger partial charge is 0.356 e. The van der Waals surface area contributed by atoms with Crippen molar-refractivity contribution >= 4 is 35.2 Å². The number of rotatable bonds is 6. The Labute approximate surface area is 185 Å². The first-order chi connectivity index (χ1) is 15.3. The van der Waals surface area contributed by atoms with Gasteiger partial charge in [-0.05, 0) is 24.1 Å². The fourth-order valence-corrected chi connectivity index (χ4v) is 5.16. The Morgan fingerprint density at radius 1 is 1.12 bits per heavy atom. The lowest BCUT2D eigenvalue weighted by atomic mass is 10.0. The Morgan fingerprint density at radius 2 is 1.78 bits per heavy atom. The summed E-state index contributed by atoms with van der Waals surface area (Å²) in [5.74, 6) is -3.00. The van der Waals surface area contributed by atoms with E-state index in [-0.39, 0.29) is 12.1 Å². The van der Waals surface area contributed by atoms with Gasteiger partial charge in [-0.15, -0.1) is 11.8 Å². The largest absolute Gasteiger partial charge is 0.509 e. The molecule has 11 heteroatoms. The Bertz CT molecular complexity index is 1130. The lowest BCUT2D eigenvalue weighted by Gasteiger charge is -2.50. The van der Waals surface area contributed by atoms with Gasteiger partial charge >= 0.3 is 5.97 Å². The zero-order valence-corrected chi connectivity index (χ0v) is 17.2. The SMILES string of the molecule is O=C(O)C1=C(O)C(Cc2ccc([N+](=O)[O-])cc2)S[C@@H]2C(NC(=O)c3ccccc3)C(=O)N12. The normalized spacial score (nSPS) is 22.1. The molecule has 1 saturated heterocycles. The molecule has 32 heavy (non-hydrogen) atoms. The maximum absolute atomic E-state index is 12.6. The predicted octanol–water partition coefficient (Wildman–Crippen LogP) is 2.07. The van der Waals surface area contributed by atoms with Crippen LogP contribution in [-0.2, 0) is 16.0 Å². The van der Waals surface area contributed by atoms with Crippen molar-refractivity contribution in [3.63, 3.8) is 0 Å². The zero-order valence-electron chi connectivity index (χ0n) is 16.4. The lowest BCUT2D eigenvalue weighted by molar-refractivity contribution is -0.384. The number of hydrogen-bond donors (Lipinski definition) is 3. The molecule has 0 saturated carbocycles. The van der Waals surface area contributed by atoms with Crippen molar-refractivity contribution in [2.45, 2.75) is 23.1 Å². The number of hydrogen-bond acceptors (Lipinski definition) is 7. The second-order valence-electron chi connectivity index (χ2n) is 7.21. The number of carbonyl (C=O) groups excluding carboxylic acids is 2. The Hall–Kier alpha value is -3.86. The average Bonchev–Trinajstić information content (AvgIpc) is 2.79. The number of carboxylic acids is 1. The first kappa shape index (κ1) is 21.4. The topological polar surface area (TPSA) is 150 Å². The van der Waals surface area contributed by atoms with Crippen LogP contribution in [0, 0.1) is 10.1 Å². The van der Waals surface area contributed by atoms with Crippen LogP contribution >= 0.6 is 11.8 Å². The summed E-state index contributed by atoms with van der Waals surface area (Å²) >= 11 is 1.15. The standard InChI is InChI=1S/C21H17N3O7S/c25-17-14(10-11-6-8-13(9-7-11)24(30)31)32-20-15(19(27)23(20)16(17)21(28)29)22-18(26)12-4-2-1-3-5-12/h1-9,14-15,20,25H,10H2,(H,22,26)(H,28,29)/t14?,15?,20-/m1/s1. The highest BCUT2D eigenvalue weighted by Crippen LogP contribution is 2.44. The number of aliphatic hydroxyl groups excluding tert-OH is 1. The number of thioether (sulfide) groups is 1. The fourth-order valence-electron chi connectivity index (χ4n) is 3.62. The van der Waals surface area contributed by atoms with Crippen LogP contribution < -0.4 is 5.32 Å². The molecule has 0 aromatic heterocycles. The third-order valence-electron chi connectivity index (χ3n) is 5.23. The average molecular weight is 455 g/mol. The number of aliphatic carboxylic acids is 1. The number of non-ortho nitro benzene ring substituents is 1. The van der Waals surface area contributed by atoms with Gasteiger partial charge in [-0.25, -0.2) is 4.79 Å². The fraction of sp³-hybridized carbons (Fsp3) is 0.190. The number of nitro benzene ring substituents is 1. The van der Waals surface area contributed by atoms with Crippen molar-refractivity contribution in [1.29, 1.82) is 0 Å². The van der Waals surface area contributed by atoms with Gasteiger partial charge in [0, 0.05) is 17.7 Å². The molecule has 1 fully saturated rings. The van der Waals surface area contributed by atoms with Gasteiger partial charge in [0.1, 0.15) is 17.2 Å². The minimum atomic E-state index is -1.46. The number of nitrogens with zero attached hydrogens (tertiary/aromatic N) is 2. The number of nitrogens with one attached hydrogen (secondary N) is 1. The molecule has 2 aliphatic heterocycles. The van der Waals surface area contributed by atoms with Gasteiger partial charge < -0.3 is 15.5 Å². The molecule has 0 aliphatic carbocycles. The quantitative estimate of drug-likeness (QED) is 0.340. The summed E-state index contributed by atoms with van der Waals surface area (Å²) in [6.07, 6.45) is 0.184.